The predicted octanol–water partition coefficient (Wildman–Crippen LogP) is 3.14. The molecule has 0 bridgehead atoms. The van der Waals surface area contributed by atoms with E-state index in [1.807, 2.05) is 12.1 Å². The highest BCUT2D eigenvalue weighted by molar-refractivity contribution is 9.10. The van der Waals surface area contributed by atoms with E-state index in [0.717, 1.165) is 35.6 Å². The average molecular weight is 340 g/mol. The van der Waals surface area contributed by atoms with Gasteiger partial charge < -0.3 is 15.2 Å². The molecule has 2 atom stereocenters. The van der Waals surface area contributed by atoms with E-state index in [2.05, 4.69) is 22.0 Å². The minimum Gasteiger partial charge on any atom is -0.496 e. The Morgan fingerprint density at radius 1 is 1.45 bits per heavy atom. The van der Waals surface area contributed by atoms with Crippen molar-refractivity contribution in [3.63, 3.8) is 0 Å². The van der Waals surface area contributed by atoms with E-state index >= 15 is 0 Å². The van der Waals surface area contributed by atoms with Crippen LogP contribution in [0.15, 0.2) is 22.7 Å². The minimum absolute atomic E-state index is 0.0786. The number of benzene rings is 1. The maximum Gasteiger partial charge on any atom is 0.122 e. The van der Waals surface area contributed by atoms with E-state index in [1.54, 1.807) is 7.11 Å². The lowest BCUT2D eigenvalue weighted by Gasteiger charge is -2.33. The summed E-state index contributed by atoms with van der Waals surface area (Å²) in [6, 6.07) is 6.19. The summed E-state index contributed by atoms with van der Waals surface area (Å²) in [6.07, 6.45) is 4.91. The van der Waals surface area contributed by atoms with Crippen LogP contribution in [0.3, 0.4) is 0 Å². The Morgan fingerprint density at radius 3 is 2.90 bits per heavy atom. The molecule has 2 aliphatic rings. The summed E-state index contributed by atoms with van der Waals surface area (Å²) in [5.74, 6) is 1.67. The molecule has 2 N–H and O–H groups in total. The van der Waals surface area contributed by atoms with E-state index in [-0.39, 0.29) is 5.41 Å². The molecular formula is C16H22BrNO2. The Morgan fingerprint density at radius 2 is 2.25 bits per heavy atom. The third-order valence-corrected chi connectivity index (χ3v) is 5.24. The van der Waals surface area contributed by atoms with Crippen LogP contribution >= 0.6 is 15.9 Å². The maximum absolute atomic E-state index is 6.17. The molecule has 0 radical (unpaired) electrons. The number of rotatable bonds is 5. The Balaban J connectivity index is 1.89. The van der Waals surface area contributed by atoms with Crippen LogP contribution in [0.4, 0.5) is 0 Å². The Kier molecular flexibility index (Phi) is 4.07. The molecule has 1 heterocycles. The first-order valence-corrected chi connectivity index (χ1v) is 8.12. The van der Waals surface area contributed by atoms with Gasteiger partial charge in [-0.1, -0.05) is 15.9 Å². The molecule has 1 aromatic carbocycles. The molecule has 20 heavy (non-hydrogen) atoms. The van der Waals surface area contributed by atoms with Crippen molar-refractivity contribution in [2.45, 2.75) is 31.8 Å². The summed E-state index contributed by atoms with van der Waals surface area (Å²) in [6.45, 7) is 1.53. The van der Waals surface area contributed by atoms with Gasteiger partial charge in [0, 0.05) is 23.0 Å². The second kappa shape index (κ2) is 5.66. The Labute approximate surface area is 129 Å². The van der Waals surface area contributed by atoms with Gasteiger partial charge >= 0.3 is 0 Å². The van der Waals surface area contributed by atoms with Gasteiger partial charge in [0.25, 0.3) is 0 Å². The van der Waals surface area contributed by atoms with Gasteiger partial charge in [-0.25, -0.2) is 0 Å². The molecule has 1 aliphatic carbocycles. The van der Waals surface area contributed by atoms with Crippen molar-refractivity contribution in [1.29, 1.82) is 0 Å². The van der Waals surface area contributed by atoms with Gasteiger partial charge in [0.05, 0.1) is 13.2 Å². The summed E-state index contributed by atoms with van der Waals surface area (Å²) < 4.78 is 12.6. The normalized spacial score (nSPS) is 29.6. The summed E-state index contributed by atoms with van der Waals surface area (Å²) in [4.78, 5) is 0. The molecule has 2 fully saturated rings. The third kappa shape index (κ3) is 2.61. The highest BCUT2D eigenvalue weighted by Gasteiger charge is 2.50. The van der Waals surface area contributed by atoms with E-state index in [1.165, 1.54) is 18.4 Å². The van der Waals surface area contributed by atoms with Crippen LogP contribution in [0.25, 0.3) is 0 Å². The maximum atomic E-state index is 6.17. The van der Waals surface area contributed by atoms with Gasteiger partial charge in [-0.15, -0.1) is 0 Å². The number of methoxy groups -OCH3 is 1. The van der Waals surface area contributed by atoms with Crippen LogP contribution in [0, 0.1) is 11.3 Å². The summed E-state index contributed by atoms with van der Waals surface area (Å²) >= 11 is 3.55. The van der Waals surface area contributed by atoms with Crippen molar-refractivity contribution < 1.29 is 9.47 Å². The zero-order chi connectivity index (χ0) is 14.2. The summed E-state index contributed by atoms with van der Waals surface area (Å²) in [5, 5.41) is 0. The van der Waals surface area contributed by atoms with E-state index in [0.29, 0.717) is 12.6 Å². The van der Waals surface area contributed by atoms with Gasteiger partial charge in [0.2, 0.25) is 0 Å². The van der Waals surface area contributed by atoms with Gasteiger partial charge in [-0.05, 0) is 55.4 Å². The first kappa shape index (κ1) is 14.4. The standard InChI is InChI=1S/C16H22BrNO2/c1-19-14-5-4-13(17)8-12(14)9-16(10-18)6-7-20-15(16)11-2-3-11/h4-5,8,11,15H,2-3,6-7,9-10,18H2,1H3. The summed E-state index contributed by atoms with van der Waals surface area (Å²) in [5.41, 5.74) is 7.47. The molecule has 3 nitrogen and oxygen atoms in total. The third-order valence-electron chi connectivity index (χ3n) is 4.74. The zero-order valence-electron chi connectivity index (χ0n) is 11.9. The van der Waals surface area contributed by atoms with Crippen LogP contribution in [0.1, 0.15) is 24.8 Å². The molecule has 4 heteroatoms. The van der Waals surface area contributed by atoms with Crippen molar-refractivity contribution in [2.75, 3.05) is 20.3 Å². The number of ether oxygens (including phenoxy) is 2. The molecule has 0 aromatic heterocycles. The van der Waals surface area contributed by atoms with Crippen molar-refractivity contribution in [1.82, 2.24) is 0 Å². The monoisotopic (exact) mass is 339 g/mol. The fraction of sp³-hybridized carbons (Fsp3) is 0.625. The molecular weight excluding hydrogens is 318 g/mol. The topological polar surface area (TPSA) is 44.5 Å². The number of nitrogens with two attached hydrogens (primary N) is 1. The van der Waals surface area contributed by atoms with Gasteiger partial charge in [0.1, 0.15) is 5.75 Å². The molecule has 1 aliphatic heterocycles. The van der Waals surface area contributed by atoms with E-state index in [4.69, 9.17) is 15.2 Å². The van der Waals surface area contributed by atoms with Crippen LogP contribution in [-0.4, -0.2) is 26.4 Å². The Bertz CT molecular complexity index is 489. The van der Waals surface area contributed by atoms with Crippen molar-refractivity contribution in [2.24, 2.45) is 17.1 Å². The molecule has 1 saturated carbocycles. The van der Waals surface area contributed by atoms with Crippen LogP contribution in [0.5, 0.6) is 5.75 Å². The fourth-order valence-electron chi connectivity index (χ4n) is 3.49. The summed E-state index contributed by atoms with van der Waals surface area (Å²) in [7, 11) is 1.73. The fourth-order valence-corrected chi connectivity index (χ4v) is 3.90. The second-order valence-corrected chi connectivity index (χ2v) is 6.99. The highest BCUT2D eigenvalue weighted by atomic mass is 79.9. The van der Waals surface area contributed by atoms with Crippen LogP contribution in [-0.2, 0) is 11.2 Å². The molecule has 0 spiro atoms. The highest BCUT2D eigenvalue weighted by Crippen LogP contribution is 2.49. The second-order valence-electron chi connectivity index (χ2n) is 6.08. The van der Waals surface area contributed by atoms with E-state index in [9.17, 15) is 0 Å². The van der Waals surface area contributed by atoms with Gasteiger partial charge in [0.15, 0.2) is 0 Å². The first-order valence-electron chi connectivity index (χ1n) is 7.32. The lowest BCUT2D eigenvalue weighted by atomic mass is 9.74. The minimum atomic E-state index is 0.0786. The SMILES string of the molecule is COc1ccc(Br)cc1CC1(CN)CCOC1C1CC1. The number of hydrogen-bond acceptors (Lipinski definition) is 3. The largest absolute Gasteiger partial charge is 0.496 e. The zero-order valence-corrected chi connectivity index (χ0v) is 13.5. The first-order chi connectivity index (χ1) is 9.68. The van der Waals surface area contributed by atoms with Crippen LogP contribution < -0.4 is 10.5 Å². The molecule has 3 rings (SSSR count). The number of hydrogen-bond donors (Lipinski definition) is 1. The molecule has 1 aromatic rings. The molecule has 1 saturated heterocycles. The molecule has 0 amide bonds. The molecule has 110 valence electrons. The van der Waals surface area contributed by atoms with Crippen molar-refractivity contribution >= 4 is 15.9 Å². The number of halogens is 1. The van der Waals surface area contributed by atoms with E-state index < -0.39 is 0 Å². The smallest absolute Gasteiger partial charge is 0.122 e. The van der Waals surface area contributed by atoms with Crippen molar-refractivity contribution in [3.05, 3.63) is 28.2 Å². The molecule has 2 unspecified atom stereocenters. The Hall–Kier alpha value is -0.580. The predicted molar refractivity (Wildman–Crippen MR) is 83.0 cm³/mol. The van der Waals surface area contributed by atoms with Crippen molar-refractivity contribution in [3.8, 4) is 5.75 Å². The average Bonchev–Trinajstić information content (AvgIpc) is 3.21. The van der Waals surface area contributed by atoms with Gasteiger partial charge in [-0.2, -0.15) is 0 Å². The quantitative estimate of drug-likeness (QED) is 0.896. The van der Waals surface area contributed by atoms with Gasteiger partial charge in [-0.3, -0.25) is 0 Å². The van der Waals surface area contributed by atoms with Crippen LogP contribution in [0.2, 0.25) is 0 Å². The lowest BCUT2D eigenvalue weighted by Crippen LogP contribution is -2.41. The lowest BCUT2D eigenvalue weighted by molar-refractivity contribution is 0.0342.